The number of pyridine rings is 1. The predicted molar refractivity (Wildman–Crippen MR) is 58.4 cm³/mol. The first kappa shape index (κ1) is 9.93. The maximum Gasteiger partial charge on any atom is 0.335 e. The minimum Gasteiger partial charge on any atom is -0.478 e. The second-order valence-corrected chi connectivity index (χ2v) is 3.65. The van der Waals surface area contributed by atoms with Gasteiger partial charge in [0.2, 0.25) is 0 Å². The molecule has 0 radical (unpaired) electrons. The highest BCUT2D eigenvalue weighted by Gasteiger charge is 2.07. The van der Waals surface area contributed by atoms with E-state index in [0.29, 0.717) is 10.5 Å². The van der Waals surface area contributed by atoms with Crippen molar-refractivity contribution in [3.05, 3.63) is 40.7 Å². The van der Waals surface area contributed by atoms with Gasteiger partial charge in [0.25, 0.3) is 0 Å². The van der Waals surface area contributed by atoms with Gasteiger partial charge >= 0.3 is 5.97 Å². The molecule has 1 aromatic heterocycles. The molecular weight excluding hydrogens is 214 g/mol. The maximum atomic E-state index is 10.8. The molecule has 0 aliphatic carbocycles. The predicted octanol–water partition coefficient (Wildman–Crippen LogP) is 2.89. The highest BCUT2D eigenvalue weighted by Crippen LogP contribution is 2.23. The minimum atomic E-state index is -0.964. The highest BCUT2D eigenvalue weighted by molar-refractivity contribution is 6.34. The van der Waals surface area contributed by atoms with Crippen LogP contribution in [0.4, 0.5) is 0 Å². The van der Waals surface area contributed by atoms with Crippen LogP contribution in [0.25, 0.3) is 10.8 Å². The Labute approximate surface area is 91.3 Å². The van der Waals surface area contributed by atoms with Crippen LogP contribution in [0, 0.1) is 6.92 Å². The van der Waals surface area contributed by atoms with Crippen molar-refractivity contribution in [2.75, 3.05) is 0 Å². The molecule has 4 heteroatoms. The summed E-state index contributed by atoms with van der Waals surface area (Å²) < 4.78 is 0. The molecule has 3 nitrogen and oxygen atoms in total. The van der Waals surface area contributed by atoms with Gasteiger partial charge in [-0.3, -0.25) is 0 Å². The normalized spacial score (nSPS) is 10.5. The molecule has 0 spiro atoms. The van der Waals surface area contributed by atoms with Crippen LogP contribution in [0.15, 0.2) is 24.3 Å². The largest absolute Gasteiger partial charge is 0.478 e. The van der Waals surface area contributed by atoms with Gasteiger partial charge in [0.15, 0.2) is 0 Å². The average Bonchev–Trinajstić information content (AvgIpc) is 2.16. The number of carboxylic acids is 1. The Morgan fingerprint density at radius 2 is 2.13 bits per heavy atom. The number of benzene rings is 1. The number of aromatic carboxylic acids is 1. The first-order valence-corrected chi connectivity index (χ1v) is 4.76. The molecule has 0 fully saturated rings. The summed E-state index contributed by atoms with van der Waals surface area (Å²) in [5, 5.41) is 10.7. The SMILES string of the molecule is Cc1cc2ccc(C(=O)O)cc2c(Cl)n1. The van der Waals surface area contributed by atoms with Crippen molar-refractivity contribution in [1.29, 1.82) is 0 Å². The third-order valence-corrected chi connectivity index (χ3v) is 2.45. The zero-order valence-corrected chi connectivity index (χ0v) is 8.75. The zero-order chi connectivity index (χ0) is 11.0. The molecule has 2 aromatic rings. The molecule has 2 rings (SSSR count). The van der Waals surface area contributed by atoms with Gasteiger partial charge in [-0.05, 0) is 30.5 Å². The number of carboxylic acid groups (broad SMARTS) is 1. The van der Waals surface area contributed by atoms with Gasteiger partial charge in [0.05, 0.1) is 5.56 Å². The van der Waals surface area contributed by atoms with Crippen LogP contribution in [-0.4, -0.2) is 16.1 Å². The number of fused-ring (bicyclic) bond motifs is 1. The van der Waals surface area contributed by atoms with Crippen LogP contribution in [0.2, 0.25) is 5.15 Å². The molecule has 1 aromatic carbocycles. The fourth-order valence-electron chi connectivity index (χ4n) is 1.47. The summed E-state index contributed by atoms with van der Waals surface area (Å²) in [6, 6.07) is 6.69. The van der Waals surface area contributed by atoms with Crippen LogP contribution >= 0.6 is 11.6 Å². The summed E-state index contributed by atoms with van der Waals surface area (Å²) in [5.74, 6) is -0.964. The number of aromatic nitrogens is 1. The van der Waals surface area contributed by atoms with Gasteiger partial charge < -0.3 is 5.11 Å². The lowest BCUT2D eigenvalue weighted by molar-refractivity contribution is 0.0697. The Balaban J connectivity index is 2.76. The van der Waals surface area contributed by atoms with Crippen LogP contribution in [0.5, 0.6) is 0 Å². The first-order chi connectivity index (χ1) is 7.08. The van der Waals surface area contributed by atoms with Crippen LogP contribution in [0.3, 0.4) is 0 Å². The van der Waals surface area contributed by atoms with E-state index in [4.69, 9.17) is 16.7 Å². The fraction of sp³-hybridized carbons (Fsp3) is 0.0909. The lowest BCUT2D eigenvalue weighted by Gasteiger charge is -2.03. The van der Waals surface area contributed by atoms with E-state index in [1.165, 1.54) is 6.07 Å². The van der Waals surface area contributed by atoms with Crippen molar-refractivity contribution in [2.24, 2.45) is 0 Å². The number of nitrogens with zero attached hydrogens (tertiary/aromatic N) is 1. The van der Waals surface area contributed by atoms with Gasteiger partial charge in [-0.25, -0.2) is 9.78 Å². The number of hydrogen-bond donors (Lipinski definition) is 1. The Morgan fingerprint density at radius 1 is 1.40 bits per heavy atom. The number of rotatable bonds is 1. The third-order valence-electron chi connectivity index (χ3n) is 2.16. The molecule has 0 saturated carbocycles. The van der Waals surface area contributed by atoms with Gasteiger partial charge in [0.1, 0.15) is 5.15 Å². The summed E-state index contributed by atoms with van der Waals surface area (Å²) in [6.45, 7) is 1.84. The number of hydrogen-bond acceptors (Lipinski definition) is 2. The summed E-state index contributed by atoms with van der Waals surface area (Å²) in [4.78, 5) is 14.8. The van der Waals surface area contributed by atoms with Crippen molar-refractivity contribution in [3.8, 4) is 0 Å². The Bertz CT molecular complexity index is 552. The van der Waals surface area contributed by atoms with E-state index in [9.17, 15) is 4.79 Å². The Kier molecular flexibility index (Phi) is 2.32. The van der Waals surface area contributed by atoms with Crippen LogP contribution < -0.4 is 0 Å². The molecule has 0 bridgehead atoms. The molecule has 0 saturated heterocycles. The third kappa shape index (κ3) is 1.78. The number of carbonyl (C=O) groups is 1. The topological polar surface area (TPSA) is 50.2 Å². The molecule has 0 aliphatic rings. The van der Waals surface area contributed by atoms with Gasteiger partial charge in [-0.1, -0.05) is 17.7 Å². The van der Waals surface area contributed by atoms with E-state index in [-0.39, 0.29) is 5.56 Å². The van der Waals surface area contributed by atoms with Crippen molar-refractivity contribution in [3.63, 3.8) is 0 Å². The van der Waals surface area contributed by atoms with Crippen molar-refractivity contribution < 1.29 is 9.90 Å². The Morgan fingerprint density at radius 3 is 2.80 bits per heavy atom. The number of aryl methyl sites for hydroxylation is 1. The van der Waals surface area contributed by atoms with Crippen molar-refractivity contribution in [1.82, 2.24) is 4.98 Å². The van der Waals surface area contributed by atoms with E-state index in [1.807, 2.05) is 13.0 Å². The van der Waals surface area contributed by atoms with Gasteiger partial charge in [-0.15, -0.1) is 0 Å². The van der Waals surface area contributed by atoms with E-state index < -0.39 is 5.97 Å². The Hall–Kier alpha value is -1.61. The van der Waals surface area contributed by atoms with Crippen molar-refractivity contribution >= 4 is 28.3 Å². The summed E-state index contributed by atoms with van der Waals surface area (Å²) in [7, 11) is 0. The second-order valence-electron chi connectivity index (χ2n) is 3.30. The molecule has 15 heavy (non-hydrogen) atoms. The molecule has 0 atom stereocenters. The second kappa shape index (κ2) is 3.51. The monoisotopic (exact) mass is 221 g/mol. The lowest BCUT2D eigenvalue weighted by atomic mass is 10.1. The van der Waals surface area contributed by atoms with Crippen LogP contribution in [-0.2, 0) is 0 Å². The van der Waals surface area contributed by atoms with E-state index >= 15 is 0 Å². The van der Waals surface area contributed by atoms with Crippen molar-refractivity contribution in [2.45, 2.75) is 6.92 Å². The summed E-state index contributed by atoms with van der Waals surface area (Å²) in [5.41, 5.74) is 1.03. The molecule has 0 amide bonds. The maximum absolute atomic E-state index is 10.8. The summed E-state index contributed by atoms with van der Waals surface area (Å²) >= 11 is 5.93. The molecule has 1 heterocycles. The van der Waals surface area contributed by atoms with Crippen LogP contribution in [0.1, 0.15) is 16.1 Å². The smallest absolute Gasteiger partial charge is 0.335 e. The highest BCUT2D eigenvalue weighted by atomic mass is 35.5. The quantitative estimate of drug-likeness (QED) is 0.754. The first-order valence-electron chi connectivity index (χ1n) is 4.38. The number of halogens is 1. The fourth-order valence-corrected chi connectivity index (χ4v) is 1.76. The van der Waals surface area contributed by atoms with E-state index in [1.54, 1.807) is 12.1 Å². The average molecular weight is 222 g/mol. The minimum absolute atomic E-state index is 0.218. The standard InChI is InChI=1S/C11H8ClNO2/c1-6-4-7-2-3-8(11(14)15)5-9(7)10(12)13-6/h2-5H,1H3,(H,14,15). The molecule has 0 aliphatic heterocycles. The van der Waals surface area contributed by atoms with E-state index in [0.717, 1.165) is 11.1 Å². The molecule has 0 unspecified atom stereocenters. The van der Waals surface area contributed by atoms with Gasteiger partial charge in [-0.2, -0.15) is 0 Å². The lowest BCUT2D eigenvalue weighted by Crippen LogP contribution is -1.96. The molecular formula is C11H8ClNO2. The zero-order valence-electron chi connectivity index (χ0n) is 7.99. The molecule has 76 valence electrons. The summed E-state index contributed by atoms with van der Waals surface area (Å²) in [6.07, 6.45) is 0. The molecule has 1 N–H and O–H groups in total. The van der Waals surface area contributed by atoms with Gasteiger partial charge in [0, 0.05) is 11.1 Å². The van der Waals surface area contributed by atoms with E-state index in [2.05, 4.69) is 4.98 Å².